The zero-order valence-electron chi connectivity index (χ0n) is 21.3. The minimum absolute atomic E-state index is 0.00778. The van der Waals surface area contributed by atoms with Gasteiger partial charge in [-0.3, -0.25) is 4.79 Å². The fraction of sp³-hybridized carbons (Fsp3) is 0.300. The summed E-state index contributed by atoms with van der Waals surface area (Å²) in [4.78, 5) is 38.8. The van der Waals surface area contributed by atoms with Gasteiger partial charge in [0.05, 0.1) is 6.42 Å². The Morgan fingerprint density at radius 2 is 1.30 bits per heavy atom. The van der Waals surface area contributed by atoms with Crippen LogP contribution in [0.2, 0.25) is 0 Å². The van der Waals surface area contributed by atoms with E-state index in [-0.39, 0.29) is 31.7 Å². The lowest BCUT2D eigenvalue weighted by Gasteiger charge is -2.34. The summed E-state index contributed by atoms with van der Waals surface area (Å²) in [5.41, 5.74) is 1.96. The van der Waals surface area contributed by atoms with Crippen molar-refractivity contribution in [3.05, 3.63) is 96.1 Å². The largest absolute Gasteiger partial charge is 0.481 e. The van der Waals surface area contributed by atoms with E-state index < -0.39 is 23.5 Å². The third kappa shape index (κ3) is 7.93. The SMILES string of the molecule is CC(C)CN(CCC(=O)O)C(=O)N[C@@](Cc1ccccc1)(Cc1ccc(-c2ccccc2)cc1)C(=O)O. The number of hydrogen-bond donors (Lipinski definition) is 3. The highest BCUT2D eigenvalue weighted by Crippen LogP contribution is 2.24. The Bertz CT molecular complexity index is 1180. The third-order valence-corrected chi connectivity index (χ3v) is 6.14. The maximum atomic E-state index is 13.4. The van der Waals surface area contributed by atoms with Crippen LogP contribution in [0.5, 0.6) is 0 Å². The van der Waals surface area contributed by atoms with E-state index in [4.69, 9.17) is 5.11 Å². The molecule has 0 unspecified atom stereocenters. The minimum Gasteiger partial charge on any atom is -0.481 e. The van der Waals surface area contributed by atoms with Gasteiger partial charge in [-0.15, -0.1) is 0 Å². The lowest BCUT2D eigenvalue weighted by molar-refractivity contribution is -0.144. The van der Waals surface area contributed by atoms with Crippen LogP contribution in [0.15, 0.2) is 84.9 Å². The Morgan fingerprint density at radius 1 is 0.784 bits per heavy atom. The maximum absolute atomic E-state index is 13.4. The number of urea groups is 1. The molecule has 3 rings (SSSR count). The lowest BCUT2D eigenvalue weighted by atomic mass is 9.84. The molecule has 3 aromatic rings. The molecule has 0 saturated carbocycles. The number of rotatable bonds is 12. The number of carboxylic acid groups (broad SMARTS) is 2. The normalized spacial score (nSPS) is 12.5. The van der Waals surface area contributed by atoms with Crippen molar-refractivity contribution < 1.29 is 24.6 Å². The van der Waals surface area contributed by atoms with Gasteiger partial charge in [0.2, 0.25) is 0 Å². The fourth-order valence-electron chi connectivity index (χ4n) is 4.32. The predicted molar refractivity (Wildman–Crippen MR) is 143 cm³/mol. The van der Waals surface area contributed by atoms with Crippen LogP contribution in [0.25, 0.3) is 11.1 Å². The quantitative estimate of drug-likeness (QED) is 0.319. The number of hydrogen-bond acceptors (Lipinski definition) is 3. The van der Waals surface area contributed by atoms with Gasteiger partial charge in [0.1, 0.15) is 5.54 Å². The lowest BCUT2D eigenvalue weighted by Crippen LogP contribution is -2.61. The molecule has 3 N–H and O–H groups in total. The summed E-state index contributed by atoms with van der Waals surface area (Å²) in [5, 5.41) is 22.4. The summed E-state index contributed by atoms with van der Waals surface area (Å²) >= 11 is 0. The van der Waals surface area contributed by atoms with E-state index in [1.54, 1.807) is 0 Å². The summed E-state index contributed by atoms with van der Waals surface area (Å²) in [6.45, 7) is 4.14. The number of aliphatic carboxylic acids is 2. The first kappa shape index (κ1) is 27.5. The highest BCUT2D eigenvalue weighted by Gasteiger charge is 2.41. The van der Waals surface area contributed by atoms with Crippen molar-refractivity contribution in [1.82, 2.24) is 10.2 Å². The van der Waals surface area contributed by atoms with E-state index in [1.165, 1.54) is 4.90 Å². The molecule has 2 amide bonds. The van der Waals surface area contributed by atoms with Crippen LogP contribution in [-0.4, -0.2) is 51.7 Å². The van der Waals surface area contributed by atoms with E-state index in [9.17, 15) is 19.5 Å². The average molecular weight is 503 g/mol. The number of benzene rings is 3. The number of carbonyl (C=O) groups excluding carboxylic acids is 1. The van der Waals surface area contributed by atoms with Crippen molar-refractivity contribution >= 4 is 18.0 Å². The number of amides is 2. The second-order valence-corrected chi connectivity index (χ2v) is 9.70. The molecule has 3 aromatic carbocycles. The summed E-state index contributed by atoms with van der Waals surface area (Å²) in [5.74, 6) is -2.09. The second-order valence-electron chi connectivity index (χ2n) is 9.70. The van der Waals surface area contributed by atoms with Gasteiger partial charge in [-0.25, -0.2) is 9.59 Å². The minimum atomic E-state index is -1.63. The smallest absolute Gasteiger partial charge is 0.330 e. The molecular formula is C30H34N2O5. The van der Waals surface area contributed by atoms with Crippen molar-refractivity contribution in [1.29, 1.82) is 0 Å². The van der Waals surface area contributed by atoms with Gasteiger partial charge in [0.15, 0.2) is 0 Å². The van der Waals surface area contributed by atoms with Crippen LogP contribution in [0.3, 0.4) is 0 Å². The summed E-state index contributed by atoms with van der Waals surface area (Å²) in [6, 6.07) is 26.1. The summed E-state index contributed by atoms with van der Waals surface area (Å²) in [6.07, 6.45) is -0.0872. The molecular weight excluding hydrogens is 468 g/mol. The molecule has 1 atom stereocenters. The van der Waals surface area contributed by atoms with E-state index in [0.29, 0.717) is 6.54 Å². The molecule has 0 fully saturated rings. The first-order valence-electron chi connectivity index (χ1n) is 12.4. The fourth-order valence-corrected chi connectivity index (χ4v) is 4.32. The Labute approximate surface area is 217 Å². The zero-order valence-corrected chi connectivity index (χ0v) is 21.3. The van der Waals surface area contributed by atoms with Crippen molar-refractivity contribution in [2.24, 2.45) is 5.92 Å². The van der Waals surface area contributed by atoms with Gasteiger partial charge in [0, 0.05) is 25.9 Å². The standard InChI is InChI=1S/C30H34N2O5/c1-22(2)21-32(18-17-27(33)34)29(37)31-30(28(35)36,19-23-9-5-3-6-10-23)20-24-13-15-26(16-14-24)25-11-7-4-8-12-25/h3-16,22H,17-21H2,1-2H3,(H,31,37)(H,33,34)(H,35,36)/t30-/m0/s1. The molecule has 0 aliphatic carbocycles. The van der Waals surface area contributed by atoms with Crippen LogP contribution in [-0.2, 0) is 22.4 Å². The van der Waals surface area contributed by atoms with Gasteiger partial charge >= 0.3 is 18.0 Å². The molecule has 0 aliphatic heterocycles. The molecule has 37 heavy (non-hydrogen) atoms. The van der Waals surface area contributed by atoms with Crippen molar-refractivity contribution in [2.75, 3.05) is 13.1 Å². The van der Waals surface area contributed by atoms with Crippen LogP contribution in [0.1, 0.15) is 31.4 Å². The van der Waals surface area contributed by atoms with E-state index in [2.05, 4.69) is 5.32 Å². The zero-order chi connectivity index (χ0) is 26.8. The van der Waals surface area contributed by atoms with Gasteiger partial charge in [-0.2, -0.15) is 0 Å². The second kappa shape index (κ2) is 12.7. The summed E-state index contributed by atoms with van der Waals surface area (Å²) < 4.78 is 0. The molecule has 194 valence electrons. The average Bonchev–Trinajstić information content (AvgIpc) is 2.87. The molecule has 0 heterocycles. The first-order valence-corrected chi connectivity index (χ1v) is 12.4. The highest BCUT2D eigenvalue weighted by molar-refractivity contribution is 5.87. The van der Waals surface area contributed by atoms with Gasteiger partial charge in [-0.1, -0.05) is 98.8 Å². The number of nitrogens with zero attached hydrogens (tertiary/aromatic N) is 1. The number of carbonyl (C=O) groups is 3. The van der Waals surface area contributed by atoms with Crippen LogP contribution in [0, 0.1) is 5.92 Å². The molecule has 7 heteroatoms. The van der Waals surface area contributed by atoms with Crippen molar-refractivity contribution in [3.63, 3.8) is 0 Å². The van der Waals surface area contributed by atoms with Crippen LogP contribution < -0.4 is 5.32 Å². The first-order chi connectivity index (χ1) is 17.7. The molecule has 7 nitrogen and oxygen atoms in total. The Morgan fingerprint density at radius 3 is 1.81 bits per heavy atom. The van der Waals surface area contributed by atoms with E-state index >= 15 is 0 Å². The van der Waals surface area contributed by atoms with Crippen molar-refractivity contribution in [2.45, 2.75) is 38.6 Å². The van der Waals surface area contributed by atoms with Crippen molar-refractivity contribution in [3.8, 4) is 11.1 Å². The molecule has 0 aromatic heterocycles. The van der Waals surface area contributed by atoms with Crippen LogP contribution >= 0.6 is 0 Å². The topological polar surface area (TPSA) is 107 Å². The molecule has 0 aliphatic rings. The third-order valence-electron chi connectivity index (χ3n) is 6.14. The van der Waals surface area contributed by atoms with E-state index in [1.807, 2.05) is 98.8 Å². The Kier molecular flexibility index (Phi) is 9.44. The maximum Gasteiger partial charge on any atom is 0.330 e. The van der Waals surface area contributed by atoms with Gasteiger partial charge < -0.3 is 20.4 Å². The number of nitrogens with one attached hydrogen (secondary N) is 1. The van der Waals surface area contributed by atoms with Gasteiger partial charge in [0.25, 0.3) is 0 Å². The Hall–Kier alpha value is -4.13. The molecule has 0 radical (unpaired) electrons. The molecule has 0 bridgehead atoms. The molecule has 0 spiro atoms. The predicted octanol–water partition coefficient (Wildman–Crippen LogP) is 5.10. The number of carboxylic acids is 2. The Balaban J connectivity index is 1.93. The molecule has 0 saturated heterocycles. The highest BCUT2D eigenvalue weighted by atomic mass is 16.4. The summed E-state index contributed by atoms with van der Waals surface area (Å²) in [7, 11) is 0. The monoisotopic (exact) mass is 502 g/mol. The van der Waals surface area contributed by atoms with Gasteiger partial charge in [-0.05, 0) is 28.2 Å². The van der Waals surface area contributed by atoms with E-state index in [0.717, 1.165) is 22.3 Å². The van der Waals surface area contributed by atoms with Crippen LogP contribution in [0.4, 0.5) is 4.79 Å².